The van der Waals surface area contributed by atoms with Gasteiger partial charge in [0.25, 0.3) is 0 Å². The Kier molecular flexibility index (Phi) is 7.22. The molecule has 1 N–H and O–H groups in total. The maximum Gasteiger partial charge on any atom is 0.241 e. The van der Waals surface area contributed by atoms with Crippen LogP contribution >= 0.6 is 0 Å². The Balaban J connectivity index is 1.61. The molecule has 6 heteroatoms. The van der Waals surface area contributed by atoms with Crippen molar-refractivity contribution in [2.45, 2.75) is 76.3 Å². The van der Waals surface area contributed by atoms with E-state index in [-0.39, 0.29) is 0 Å². The highest BCUT2D eigenvalue weighted by Gasteiger charge is 2.32. The van der Waals surface area contributed by atoms with Crippen LogP contribution < -0.4 is 15.1 Å². The number of benzene rings is 2. The number of rotatable bonds is 7. The summed E-state index contributed by atoms with van der Waals surface area (Å²) in [7, 11) is 1.89. The van der Waals surface area contributed by atoms with Gasteiger partial charge in [-0.2, -0.15) is 15.0 Å². The highest BCUT2D eigenvalue weighted by atomic mass is 15.4. The van der Waals surface area contributed by atoms with E-state index in [1.54, 1.807) is 0 Å². The number of hydrogen-bond donors (Lipinski definition) is 1. The van der Waals surface area contributed by atoms with Gasteiger partial charge in [0.05, 0.1) is 0 Å². The van der Waals surface area contributed by atoms with E-state index in [0.717, 1.165) is 17.3 Å². The van der Waals surface area contributed by atoms with Gasteiger partial charge in [0, 0.05) is 30.5 Å². The molecule has 5 rings (SSSR count). The van der Waals surface area contributed by atoms with Crippen LogP contribution in [0.5, 0.6) is 0 Å². The van der Waals surface area contributed by atoms with E-state index in [1.165, 1.54) is 64.2 Å². The lowest BCUT2D eigenvalue weighted by molar-refractivity contribution is 0.335. The molecular weight excluding hydrogens is 420 g/mol. The monoisotopic (exact) mass is 456 g/mol. The van der Waals surface area contributed by atoms with E-state index in [0.29, 0.717) is 24.0 Å². The normalized spacial score (nSPS) is 17.3. The van der Waals surface area contributed by atoms with Crippen molar-refractivity contribution in [3.05, 3.63) is 60.7 Å². The van der Waals surface area contributed by atoms with Gasteiger partial charge in [-0.25, -0.2) is 0 Å². The predicted molar refractivity (Wildman–Crippen MR) is 140 cm³/mol. The summed E-state index contributed by atoms with van der Waals surface area (Å²) in [6.07, 6.45) is 12.8. The van der Waals surface area contributed by atoms with E-state index in [2.05, 4.69) is 63.6 Å². The SMILES string of the molecule is CNc1nc(N(c2ccccc2)c2ccccc2)nc(N(C2CCCCC2)C2CCCCC2)n1. The molecule has 2 aromatic carbocycles. The van der Waals surface area contributed by atoms with E-state index in [9.17, 15) is 0 Å². The van der Waals surface area contributed by atoms with Crippen LogP contribution in [0.4, 0.5) is 29.2 Å². The summed E-state index contributed by atoms with van der Waals surface area (Å²) in [6, 6.07) is 21.8. The second-order valence-corrected chi connectivity index (χ2v) is 9.51. The summed E-state index contributed by atoms with van der Waals surface area (Å²) in [6.45, 7) is 0. The molecule has 2 aliphatic carbocycles. The first kappa shape index (κ1) is 22.6. The van der Waals surface area contributed by atoms with Crippen LogP contribution in [0.25, 0.3) is 0 Å². The van der Waals surface area contributed by atoms with Crippen LogP contribution in [0, 0.1) is 0 Å². The molecule has 6 nitrogen and oxygen atoms in total. The molecule has 0 aliphatic heterocycles. The molecular formula is C28H36N6. The van der Waals surface area contributed by atoms with Gasteiger partial charge in [0.2, 0.25) is 17.8 Å². The van der Waals surface area contributed by atoms with Crippen molar-refractivity contribution >= 4 is 29.2 Å². The number of hydrogen-bond acceptors (Lipinski definition) is 6. The minimum atomic E-state index is 0.513. The maximum atomic E-state index is 5.17. The summed E-state index contributed by atoms with van der Waals surface area (Å²) in [5, 5.41) is 3.21. The second kappa shape index (κ2) is 10.9. The Morgan fingerprint density at radius 2 is 1.09 bits per heavy atom. The third kappa shape index (κ3) is 5.01. The average Bonchev–Trinajstić information content (AvgIpc) is 2.91. The van der Waals surface area contributed by atoms with Gasteiger partial charge < -0.3 is 10.2 Å². The Bertz CT molecular complexity index is 972. The Hall–Kier alpha value is -3.15. The van der Waals surface area contributed by atoms with E-state index in [1.807, 2.05) is 19.2 Å². The molecule has 3 aromatic rings. The zero-order valence-corrected chi connectivity index (χ0v) is 20.2. The topological polar surface area (TPSA) is 57.2 Å². The molecule has 2 aliphatic rings. The van der Waals surface area contributed by atoms with Crippen molar-refractivity contribution < 1.29 is 0 Å². The van der Waals surface area contributed by atoms with Crippen molar-refractivity contribution in [3.63, 3.8) is 0 Å². The van der Waals surface area contributed by atoms with Crippen LogP contribution in [0.15, 0.2) is 60.7 Å². The van der Waals surface area contributed by atoms with Crippen molar-refractivity contribution in [2.75, 3.05) is 22.2 Å². The van der Waals surface area contributed by atoms with Crippen molar-refractivity contribution in [1.29, 1.82) is 0 Å². The van der Waals surface area contributed by atoms with Crippen LogP contribution in [0.2, 0.25) is 0 Å². The number of aromatic nitrogens is 3. The lowest BCUT2D eigenvalue weighted by atomic mass is 9.89. The second-order valence-electron chi connectivity index (χ2n) is 9.51. The molecule has 0 unspecified atom stereocenters. The van der Waals surface area contributed by atoms with Gasteiger partial charge in [-0.1, -0.05) is 74.9 Å². The smallest absolute Gasteiger partial charge is 0.241 e. The van der Waals surface area contributed by atoms with Crippen LogP contribution in [-0.4, -0.2) is 34.1 Å². The number of anilines is 5. The Morgan fingerprint density at radius 1 is 0.618 bits per heavy atom. The van der Waals surface area contributed by atoms with Crippen LogP contribution in [0.1, 0.15) is 64.2 Å². The van der Waals surface area contributed by atoms with Gasteiger partial charge >= 0.3 is 0 Å². The van der Waals surface area contributed by atoms with Crippen LogP contribution in [0.3, 0.4) is 0 Å². The molecule has 0 saturated heterocycles. The molecule has 1 heterocycles. The van der Waals surface area contributed by atoms with Gasteiger partial charge in [-0.3, -0.25) is 4.90 Å². The predicted octanol–water partition coefficient (Wildman–Crippen LogP) is 6.85. The highest BCUT2D eigenvalue weighted by Crippen LogP contribution is 2.36. The number of nitrogens with one attached hydrogen (secondary N) is 1. The molecule has 0 radical (unpaired) electrons. The zero-order valence-electron chi connectivity index (χ0n) is 20.2. The molecule has 34 heavy (non-hydrogen) atoms. The quantitative estimate of drug-likeness (QED) is 0.419. The number of para-hydroxylation sites is 2. The molecule has 178 valence electrons. The van der Waals surface area contributed by atoms with Crippen molar-refractivity contribution in [1.82, 2.24) is 15.0 Å². The lowest BCUT2D eigenvalue weighted by Gasteiger charge is -2.42. The molecule has 2 fully saturated rings. The molecule has 2 saturated carbocycles. The summed E-state index contributed by atoms with van der Waals surface area (Å²) in [5.41, 5.74) is 2.07. The first-order valence-electron chi connectivity index (χ1n) is 13.0. The van der Waals surface area contributed by atoms with E-state index in [4.69, 9.17) is 15.0 Å². The molecule has 0 amide bonds. The fraction of sp³-hybridized carbons (Fsp3) is 0.464. The number of nitrogens with zero attached hydrogens (tertiary/aromatic N) is 5. The summed E-state index contributed by atoms with van der Waals surface area (Å²) < 4.78 is 0. The summed E-state index contributed by atoms with van der Waals surface area (Å²) in [4.78, 5) is 19.7. The molecule has 0 bridgehead atoms. The summed E-state index contributed by atoms with van der Waals surface area (Å²) >= 11 is 0. The van der Waals surface area contributed by atoms with Gasteiger partial charge in [0.15, 0.2) is 0 Å². The highest BCUT2D eigenvalue weighted by molar-refractivity contribution is 5.73. The average molecular weight is 457 g/mol. The van der Waals surface area contributed by atoms with Crippen molar-refractivity contribution in [3.8, 4) is 0 Å². The molecule has 0 spiro atoms. The zero-order chi connectivity index (χ0) is 23.2. The van der Waals surface area contributed by atoms with E-state index >= 15 is 0 Å². The Labute approximate surface area is 203 Å². The largest absolute Gasteiger partial charge is 0.357 e. The van der Waals surface area contributed by atoms with Crippen LogP contribution in [-0.2, 0) is 0 Å². The third-order valence-electron chi connectivity index (χ3n) is 7.23. The fourth-order valence-electron chi connectivity index (χ4n) is 5.56. The lowest BCUT2D eigenvalue weighted by Crippen LogP contribution is -2.46. The fourth-order valence-corrected chi connectivity index (χ4v) is 5.56. The molecule has 1 aromatic heterocycles. The van der Waals surface area contributed by atoms with Crippen molar-refractivity contribution in [2.24, 2.45) is 0 Å². The molecule has 0 atom stereocenters. The third-order valence-corrected chi connectivity index (χ3v) is 7.23. The maximum absolute atomic E-state index is 5.17. The summed E-state index contributed by atoms with van der Waals surface area (Å²) in [5.74, 6) is 2.10. The first-order chi connectivity index (χ1) is 16.8. The van der Waals surface area contributed by atoms with E-state index < -0.39 is 0 Å². The van der Waals surface area contributed by atoms with Gasteiger partial charge in [0.1, 0.15) is 0 Å². The van der Waals surface area contributed by atoms with Gasteiger partial charge in [-0.05, 0) is 49.9 Å². The van der Waals surface area contributed by atoms with Gasteiger partial charge in [-0.15, -0.1) is 0 Å². The first-order valence-corrected chi connectivity index (χ1v) is 13.0. The minimum Gasteiger partial charge on any atom is -0.357 e. The Morgan fingerprint density at radius 3 is 1.56 bits per heavy atom. The minimum absolute atomic E-state index is 0.513. The standard InChI is InChI=1S/C28H36N6/c1-29-26-30-27(33(22-14-6-2-7-15-22)23-16-8-3-9-17-23)32-28(31-26)34(24-18-10-4-11-19-24)25-20-12-5-13-21-25/h2-3,6-9,14-17,24-25H,4-5,10-13,18-21H2,1H3,(H,29,30,31,32).